The topological polar surface area (TPSA) is 46.2 Å². The van der Waals surface area contributed by atoms with Crippen molar-refractivity contribution in [2.45, 2.75) is 32.5 Å². The Labute approximate surface area is 165 Å². The maximum Gasteiger partial charge on any atom is 0.170 e. The number of hydrogen-bond donors (Lipinski definition) is 1. The van der Waals surface area contributed by atoms with E-state index in [-0.39, 0.29) is 12.1 Å². The normalized spacial score (nSPS) is 19.7. The molecule has 0 aliphatic carbocycles. The summed E-state index contributed by atoms with van der Waals surface area (Å²) in [5.74, 6) is 1.44. The predicted molar refractivity (Wildman–Crippen MR) is 109 cm³/mol. The molecular formula is C21H24N4OS. The van der Waals surface area contributed by atoms with Crippen molar-refractivity contribution in [2.75, 3.05) is 6.54 Å². The molecule has 0 spiro atoms. The first kappa shape index (κ1) is 17.8. The van der Waals surface area contributed by atoms with Crippen LogP contribution < -0.4 is 5.32 Å². The van der Waals surface area contributed by atoms with Crippen molar-refractivity contribution in [3.05, 3.63) is 78.3 Å². The van der Waals surface area contributed by atoms with Crippen LogP contribution in [0.1, 0.15) is 43.1 Å². The van der Waals surface area contributed by atoms with Crippen LogP contribution in [0.25, 0.3) is 0 Å². The van der Waals surface area contributed by atoms with E-state index in [1.54, 1.807) is 6.26 Å². The second-order valence-corrected chi connectivity index (χ2v) is 7.70. The van der Waals surface area contributed by atoms with Gasteiger partial charge in [0.15, 0.2) is 5.11 Å². The van der Waals surface area contributed by atoms with Gasteiger partial charge in [-0.1, -0.05) is 19.9 Å². The lowest BCUT2D eigenvalue weighted by Crippen LogP contribution is -2.33. The monoisotopic (exact) mass is 380 g/mol. The molecule has 140 valence electrons. The van der Waals surface area contributed by atoms with Crippen LogP contribution in [0.5, 0.6) is 0 Å². The first-order valence-electron chi connectivity index (χ1n) is 9.29. The zero-order chi connectivity index (χ0) is 18.8. The summed E-state index contributed by atoms with van der Waals surface area (Å²) in [6, 6.07) is 14.3. The van der Waals surface area contributed by atoms with Gasteiger partial charge in [-0.05, 0) is 54.5 Å². The first-order chi connectivity index (χ1) is 13.1. The Kier molecular flexibility index (Phi) is 4.99. The lowest BCUT2D eigenvalue weighted by molar-refractivity contribution is 0.276. The molecule has 0 bridgehead atoms. The number of hydrogen-bond acceptors (Lipinski definition) is 3. The minimum absolute atomic E-state index is 0.0164. The van der Waals surface area contributed by atoms with Gasteiger partial charge in [0, 0.05) is 24.6 Å². The molecule has 1 aliphatic rings. The second-order valence-electron chi connectivity index (χ2n) is 7.31. The number of rotatable bonds is 6. The fraction of sp³-hybridized carbons (Fsp3) is 0.333. The lowest BCUT2D eigenvalue weighted by Gasteiger charge is -2.30. The van der Waals surface area contributed by atoms with E-state index >= 15 is 0 Å². The summed E-state index contributed by atoms with van der Waals surface area (Å²) in [5, 5.41) is 4.30. The van der Waals surface area contributed by atoms with Gasteiger partial charge >= 0.3 is 0 Å². The van der Waals surface area contributed by atoms with E-state index in [0.29, 0.717) is 12.5 Å². The molecule has 3 aromatic rings. The minimum Gasteiger partial charge on any atom is -0.467 e. The van der Waals surface area contributed by atoms with Crippen LogP contribution in [-0.2, 0) is 6.54 Å². The Hall–Kier alpha value is -2.60. The maximum atomic E-state index is 5.71. The summed E-state index contributed by atoms with van der Waals surface area (Å²) in [7, 11) is 0. The number of furan rings is 1. The van der Waals surface area contributed by atoms with Gasteiger partial charge in [-0.3, -0.25) is 4.98 Å². The van der Waals surface area contributed by atoms with Crippen LogP contribution in [0, 0.1) is 5.92 Å². The maximum absolute atomic E-state index is 5.71. The summed E-state index contributed by atoms with van der Waals surface area (Å²) in [6.07, 6.45) is 5.65. The molecule has 0 unspecified atom stereocenters. The van der Waals surface area contributed by atoms with E-state index in [1.165, 1.54) is 5.69 Å². The minimum atomic E-state index is 0.0164. The zero-order valence-corrected chi connectivity index (χ0v) is 16.4. The van der Waals surface area contributed by atoms with Crippen molar-refractivity contribution in [3.63, 3.8) is 0 Å². The van der Waals surface area contributed by atoms with Crippen LogP contribution >= 0.6 is 12.2 Å². The van der Waals surface area contributed by atoms with E-state index in [9.17, 15) is 0 Å². The lowest BCUT2D eigenvalue weighted by atomic mass is 10.0. The molecule has 4 heterocycles. The highest BCUT2D eigenvalue weighted by molar-refractivity contribution is 7.80. The Bertz CT molecular complexity index is 888. The summed E-state index contributed by atoms with van der Waals surface area (Å²) in [4.78, 5) is 6.90. The van der Waals surface area contributed by atoms with Crippen molar-refractivity contribution >= 4 is 17.3 Å². The first-order valence-corrected chi connectivity index (χ1v) is 9.70. The standard InChI is InChI=1S/C21H24N4OS/c1-15(2)13-25-20(19(23-21(25)27)17-8-3-4-10-22-17)18-9-5-11-24(18)14-16-7-6-12-26-16/h3-12,15,19-20H,13-14H2,1-2H3,(H,23,27)/t19-,20-/m0/s1. The van der Waals surface area contributed by atoms with Crippen molar-refractivity contribution in [1.29, 1.82) is 0 Å². The Balaban J connectivity index is 1.73. The van der Waals surface area contributed by atoms with E-state index < -0.39 is 0 Å². The molecule has 3 aromatic heterocycles. The quantitative estimate of drug-likeness (QED) is 0.651. The SMILES string of the molecule is CC(C)CN1C(=S)N[C@@H](c2ccccn2)[C@@H]1c1cccn1Cc1ccco1. The average Bonchev–Trinajstić information content (AvgIpc) is 3.38. The summed E-state index contributed by atoms with van der Waals surface area (Å²) in [6.45, 7) is 6.03. The van der Waals surface area contributed by atoms with Crippen molar-refractivity contribution in [3.8, 4) is 0 Å². The van der Waals surface area contributed by atoms with Gasteiger partial charge in [-0.25, -0.2) is 0 Å². The van der Waals surface area contributed by atoms with Crippen molar-refractivity contribution < 1.29 is 4.42 Å². The molecule has 0 amide bonds. The van der Waals surface area contributed by atoms with Gasteiger partial charge in [0.25, 0.3) is 0 Å². The van der Waals surface area contributed by atoms with Crippen LogP contribution in [0.2, 0.25) is 0 Å². The summed E-state index contributed by atoms with van der Waals surface area (Å²) in [5.41, 5.74) is 2.21. The number of aromatic nitrogens is 2. The third kappa shape index (κ3) is 3.62. The van der Waals surface area contributed by atoms with Gasteiger partial charge in [0.1, 0.15) is 5.76 Å². The van der Waals surface area contributed by atoms with Crippen LogP contribution in [-0.4, -0.2) is 26.1 Å². The van der Waals surface area contributed by atoms with E-state index in [0.717, 1.165) is 23.1 Å². The molecule has 1 N–H and O–H groups in total. The third-order valence-corrected chi connectivity index (χ3v) is 5.19. The molecular weight excluding hydrogens is 356 g/mol. The van der Waals surface area contributed by atoms with Gasteiger partial charge in [0.05, 0.1) is 30.6 Å². The molecule has 27 heavy (non-hydrogen) atoms. The highest BCUT2D eigenvalue weighted by atomic mass is 32.1. The zero-order valence-electron chi connectivity index (χ0n) is 15.6. The molecule has 1 aliphatic heterocycles. The smallest absolute Gasteiger partial charge is 0.170 e. The van der Waals surface area contributed by atoms with Gasteiger partial charge < -0.3 is 19.2 Å². The number of thiocarbonyl (C=S) groups is 1. The molecule has 1 saturated heterocycles. The average molecular weight is 381 g/mol. The van der Waals surface area contributed by atoms with Crippen LogP contribution in [0.15, 0.2) is 65.5 Å². The van der Waals surface area contributed by atoms with E-state index in [1.807, 2.05) is 30.5 Å². The Morgan fingerprint density at radius 2 is 2.07 bits per heavy atom. The molecule has 1 fully saturated rings. The van der Waals surface area contributed by atoms with Gasteiger partial charge in [-0.15, -0.1) is 0 Å². The fourth-order valence-corrected chi connectivity index (χ4v) is 4.04. The van der Waals surface area contributed by atoms with E-state index in [4.69, 9.17) is 16.6 Å². The summed E-state index contributed by atoms with van der Waals surface area (Å²) < 4.78 is 7.80. The largest absolute Gasteiger partial charge is 0.467 e. The second kappa shape index (κ2) is 7.56. The fourth-order valence-electron chi connectivity index (χ4n) is 3.73. The Morgan fingerprint density at radius 3 is 2.78 bits per heavy atom. The van der Waals surface area contributed by atoms with Crippen LogP contribution in [0.3, 0.4) is 0 Å². The molecule has 6 heteroatoms. The van der Waals surface area contributed by atoms with Gasteiger partial charge in [0.2, 0.25) is 0 Å². The number of pyridine rings is 1. The molecule has 5 nitrogen and oxygen atoms in total. The highest BCUT2D eigenvalue weighted by Crippen LogP contribution is 2.39. The molecule has 0 radical (unpaired) electrons. The van der Waals surface area contributed by atoms with Crippen LogP contribution in [0.4, 0.5) is 0 Å². The molecule has 4 rings (SSSR count). The van der Waals surface area contributed by atoms with E-state index in [2.05, 4.69) is 58.0 Å². The Morgan fingerprint density at radius 1 is 1.19 bits per heavy atom. The number of nitrogens with zero attached hydrogens (tertiary/aromatic N) is 3. The molecule has 2 atom stereocenters. The molecule has 0 saturated carbocycles. The van der Waals surface area contributed by atoms with Gasteiger partial charge in [-0.2, -0.15) is 0 Å². The summed E-state index contributed by atoms with van der Waals surface area (Å²) >= 11 is 5.71. The van der Waals surface area contributed by atoms with Crippen molar-refractivity contribution in [1.82, 2.24) is 19.8 Å². The van der Waals surface area contributed by atoms with Crippen molar-refractivity contribution in [2.24, 2.45) is 5.92 Å². The molecule has 0 aromatic carbocycles. The predicted octanol–water partition coefficient (Wildman–Crippen LogP) is 4.15. The number of nitrogens with one attached hydrogen (secondary N) is 1. The highest BCUT2D eigenvalue weighted by Gasteiger charge is 2.41. The third-order valence-electron chi connectivity index (χ3n) is 4.83.